The summed E-state index contributed by atoms with van der Waals surface area (Å²) in [5.74, 6) is -0.544. The molecule has 372 valence electrons. The van der Waals surface area contributed by atoms with Gasteiger partial charge in [-0.05, 0) is 57.8 Å². The minimum absolute atomic E-state index is 0.0621. The van der Waals surface area contributed by atoms with Crippen LogP contribution in [0.5, 0.6) is 0 Å². The number of aliphatic hydroxyl groups excluding tert-OH is 1. The molecule has 0 spiro atoms. The van der Waals surface area contributed by atoms with Gasteiger partial charge in [0, 0.05) is 19.4 Å². The Morgan fingerprint density at radius 3 is 1.34 bits per heavy atom. The summed E-state index contributed by atoms with van der Waals surface area (Å²) < 4.78 is 27.0. The van der Waals surface area contributed by atoms with E-state index in [-0.39, 0.29) is 32.1 Å². The predicted octanol–water partition coefficient (Wildman–Crippen LogP) is 15.6. The second kappa shape index (κ2) is 50.1. The van der Waals surface area contributed by atoms with E-state index in [2.05, 4.69) is 79.9 Å². The molecule has 3 N–H and O–H groups in total. The molecule has 10 heteroatoms. The highest BCUT2D eigenvalue weighted by molar-refractivity contribution is 7.47. The van der Waals surface area contributed by atoms with Gasteiger partial charge >= 0.3 is 13.8 Å². The molecule has 0 saturated heterocycles. The third kappa shape index (κ3) is 50.7. The zero-order valence-corrected chi connectivity index (χ0v) is 42.1. The summed E-state index contributed by atoms with van der Waals surface area (Å²) in [6, 6.07) is 0. The lowest BCUT2D eigenvalue weighted by atomic mass is 10.0. The van der Waals surface area contributed by atoms with Crippen molar-refractivity contribution in [1.82, 2.24) is 5.32 Å². The number of allylic oxidation sites excluding steroid dienone is 10. The molecule has 2 atom stereocenters. The number of hydrogen-bond acceptors (Lipinski definition) is 7. The molecule has 0 aromatic carbocycles. The molecule has 0 aromatic rings. The standard InChI is InChI=1S/C54H98NO8P/c1-3-5-7-9-11-13-15-17-19-21-23-24-25-26-27-29-31-33-35-37-39-41-43-45-47-54(58)61-50-52(56)51-63-64(59,60)62-49-48-55-53(57)46-44-42-40-38-36-34-32-30-28-22-20-18-16-14-12-10-8-6-4-2/h6,8,12,14,18,20,28,30,34,36,52,56H,3-5,7,9-11,13,15-17,19,21-27,29,31-33,35,37-51H2,1-2H3,(H,55,57)(H,59,60)/b8-6-,14-12-,20-18-,30-28-,36-34-. The van der Waals surface area contributed by atoms with E-state index >= 15 is 0 Å². The van der Waals surface area contributed by atoms with E-state index in [0.29, 0.717) is 6.42 Å². The van der Waals surface area contributed by atoms with Gasteiger partial charge in [-0.1, -0.05) is 229 Å². The van der Waals surface area contributed by atoms with Gasteiger partial charge in [0.2, 0.25) is 5.91 Å². The molecule has 0 rings (SSSR count). The number of unbranched alkanes of at least 4 members (excludes halogenated alkanes) is 26. The molecule has 2 unspecified atom stereocenters. The first-order valence-corrected chi connectivity index (χ1v) is 27.8. The highest BCUT2D eigenvalue weighted by Gasteiger charge is 2.23. The van der Waals surface area contributed by atoms with Crippen LogP contribution in [-0.4, -0.2) is 54.3 Å². The van der Waals surface area contributed by atoms with Gasteiger partial charge in [-0.3, -0.25) is 18.6 Å². The highest BCUT2D eigenvalue weighted by atomic mass is 31.2. The summed E-state index contributed by atoms with van der Waals surface area (Å²) >= 11 is 0. The van der Waals surface area contributed by atoms with E-state index < -0.39 is 26.5 Å². The Labute approximate surface area is 393 Å². The Bertz CT molecular complexity index is 1230. The van der Waals surface area contributed by atoms with Gasteiger partial charge in [0.05, 0.1) is 13.2 Å². The van der Waals surface area contributed by atoms with Gasteiger partial charge in [-0.2, -0.15) is 0 Å². The Balaban J connectivity index is 3.57. The molecule has 1 amide bonds. The summed E-state index contributed by atoms with van der Waals surface area (Å²) in [4.78, 5) is 34.1. The van der Waals surface area contributed by atoms with E-state index in [1.165, 1.54) is 135 Å². The lowest BCUT2D eigenvalue weighted by molar-refractivity contribution is -0.147. The van der Waals surface area contributed by atoms with Crippen LogP contribution in [0.25, 0.3) is 0 Å². The molecule has 0 bridgehead atoms. The van der Waals surface area contributed by atoms with Crippen molar-refractivity contribution >= 4 is 19.7 Å². The molecular weight excluding hydrogens is 822 g/mol. The van der Waals surface area contributed by atoms with Crippen LogP contribution in [0.2, 0.25) is 0 Å². The van der Waals surface area contributed by atoms with Crippen molar-refractivity contribution in [2.75, 3.05) is 26.4 Å². The van der Waals surface area contributed by atoms with Crippen molar-refractivity contribution in [3.8, 4) is 0 Å². The van der Waals surface area contributed by atoms with Crippen molar-refractivity contribution in [1.29, 1.82) is 0 Å². The SMILES string of the molecule is CC/C=C\C/C=C\C/C=C\C/C=C\C/C=C\CCCCCC(=O)NCCOP(=O)(O)OCC(O)COC(=O)CCCCCCCCCCCCCCCCCCCCCCCCCC. The Morgan fingerprint density at radius 1 is 0.500 bits per heavy atom. The van der Waals surface area contributed by atoms with Crippen LogP contribution in [0.3, 0.4) is 0 Å². The number of phosphoric acid groups is 1. The van der Waals surface area contributed by atoms with Gasteiger partial charge in [0.1, 0.15) is 12.7 Å². The van der Waals surface area contributed by atoms with Crippen molar-refractivity contribution in [2.45, 2.75) is 245 Å². The average molecular weight is 920 g/mol. The molecule has 0 radical (unpaired) electrons. The van der Waals surface area contributed by atoms with E-state index in [1.54, 1.807) is 0 Å². The topological polar surface area (TPSA) is 131 Å². The van der Waals surface area contributed by atoms with E-state index in [0.717, 1.165) is 77.0 Å². The molecule has 0 aliphatic heterocycles. The van der Waals surface area contributed by atoms with Gasteiger partial charge < -0.3 is 20.1 Å². The Morgan fingerprint density at radius 2 is 0.891 bits per heavy atom. The Kier molecular flexibility index (Phi) is 48.3. The van der Waals surface area contributed by atoms with E-state index in [1.807, 2.05) is 0 Å². The summed E-state index contributed by atoms with van der Waals surface area (Å²) in [5, 5.41) is 12.7. The number of nitrogens with one attached hydrogen (secondary N) is 1. The lowest BCUT2D eigenvalue weighted by Crippen LogP contribution is -2.27. The average Bonchev–Trinajstić information content (AvgIpc) is 3.28. The van der Waals surface area contributed by atoms with Gasteiger partial charge in [-0.25, -0.2) is 4.57 Å². The molecular formula is C54H98NO8P. The zero-order valence-electron chi connectivity index (χ0n) is 41.2. The number of hydrogen-bond donors (Lipinski definition) is 3. The number of rotatable bonds is 49. The molecule has 0 heterocycles. The Hall–Kier alpha value is -2.29. The van der Waals surface area contributed by atoms with Crippen molar-refractivity contribution < 1.29 is 37.9 Å². The smallest absolute Gasteiger partial charge is 0.463 e. The van der Waals surface area contributed by atoms with Crippen molar-refractivity contribution in [3.63, 3.8) is 0 Å². The first kappa shape index (κ1) is 61.7. The molecule has 0 fully saturated rings. The number of amides is 1. The minimum Gasteiger partial charge on any atom is -0.463 e. The number of carbonyl (C=O) groups excluding carboxylic acids is 2. The van der Waals surface area contributed by atoms with Crippen LogP contribution < -0.4 is 5.32 Å². The maximum Gasteiger partial charge on any atom is 0.472 e. The van der Waals surface area contributed by atoms with Crippen LogP contribution in [-0.2, 0) is 27.9 Å². The van der Waals surface area contributed by atoms with Gasteiger partial charge in [0.15, 0.2) is 0 Å². The van der Waals surface area contributed by atoms with Crippen LogP contribution in [0, 0.1) is 0 Å². The number of aliphatic hydroxyl groups is 1. The van der Waals surface area contributed by atoms with Crippen LogP contribution in [0.15, 0.2) is 60.8 Å². The van der Waals surface area contributed by atoms with Crippen molar-refractivity contribution in [3.05, 3.63) is 60.8 Å². The third-order valence-corrected chi connectivity index (χ3v) is 12.2. The number of ether oxygens (including phenoxy) is 1. The predicted molar refractivity (Wildman–Crippen MR) is 270 cm³/mol. The molecule has 0 saturated carbocycles. The van der Waals surface area contributed by atoms with E-state index in [4.69, 9.17) is 13.8 Å². The fraction of sp³-hybridized carbons (Fsp3) is 0.778. The normalized spacial score (nSPS) is 13.6. The maximum atomic E-state index is 12.2. The summed E-state index contributed by atoms with van der Waals surface area (Å²) in [5.41, 5.74) is 0. The fourth-order valence-corrected chi connectivity index (χ4v) is 8.05. The number of phosphoric ester groups is 1. The molecule has 0 aromatic heterocycles. The van der Waals surface area contributed by atoms with E-state index in [9.17, 15) is 24.2 Å². The quantitative estimate of drug-likeness (QED) is 0.0238. The summed E-state index contributed by atoms with van der Waals surface area (Å²) in [7, 11) is -4.43. The van der Waals surface area contributed by atoms with Crippen LogP contribution >= 0.6 is 7.82 Å². The zero-order chi connectivity index (χ0) is 46.7. The summed E-state index contributed by atoms with van der Waals surface area (Å²) in [6.45, 7) is 3.43. The lowest BCUT2D eigenvalue weighted by Gasteiger charge is -2.15. The first-order valence-electron chi connectivity index (χ1n) is 26.3. The molecule has 9 nitrogen and oxygen atoms in total. The van der Waals surface area contributed by atoms with Crippen molar-refractivity contribution in [2.24, 2.45) is 0 Å². The molecule has 0 aliphatic rings. The third-order valence-electron chi connectivity index (χ3n) is 11.2. The maximum absolute atomic E-state index is 12.2. The molecule has 0 aliphatic carbocycles. The number of esters is 1. The monoisotopic (exact) mass is 920 g/mol. The number of carbonyl (C=O) groups is 2. The molecule has 64 heavy (non-hydrogen) atoms. The first-order chi connectivity index (χ1) is 31.3. The van der Waals surface area contributed by atoms with Gasteiger partial charge in [-0.15, -0.1) is 0 Å². The van der Waals surface area contributed by atoms with Gasteiger partial charge in [0.25, 0.3) is 0 Å². The van der Waals surface area contributed by atoms with Crippen LogP contribution in [0.4, 0.5) is 0 Å². The minimum atomic E-state index is -4.43. The second-order valence-electron chi connectivity index (χ2n) is 17.5. The highest BCUT2D eigenvalue weighted by Crippen LogP contribution is 2.42. The second-order valence-corrected chi connectivity index (χ2v) is 18.9. The van der Waals surface area contributed by atoms with Crippen LogP contribution in [0.1, 0.15) is 239 Å². The fourth-order valence-electron chi connectivity index (χ4n) is 7.29. The summed E-state index contributed by atoms with van der Waals surface area (Å²) in [6.07, 6.45) is 61.7. The largest absolute Gasteiger partial charge is 0.472 e.